The van der Waals surface area contributed by atoms with E-state index >= 15 is 0 Å². The van der Waals surface area contributed by atoms with Gasteiger partial charge in [0.15, 0.2) is 0 Å². The number of ether oxygens (including phenoxy) is 1. The smallest absolute Gasteiger partial charge is 0.123 e. The number of nitrogens with one attached hydrogen (secondary N) is 1. The summed E-state index contributed by atoms with van der Waals surface area (Å²) in [4.78, 5) is 0. The van der Waals surface area contributed by atoms with Crippen molar-refractivity contribution in [3.63, 3.8) is 0 Å². The SMILES string of the molecule is COCCNCc1cc(F)ccc1C. The zero-order chi connectivity index (χ0) is 10.4. The second-order valence-electron chi connectivity index (χ2n) is 3.24. The topological polar surface area (TPSA) is 21.3 Å². The fourth-order valence-corrected chi connectivity index (χ4v) is 1.23. The zero-order valence-electron chi connectivity index (χ0n) is 8.64. The van der Waals surface area contributed by atoms with Gasteiger partial charge in [0.25, 0.3) is 0 Å². The fraction of sp³-hybridized carbons (Fsp3) is 0.455. The van der Waals surface area contributed by atoms with E-state index in [1.807, 2.05) is 6.92 Å². The minimum atomic E-state index is -0.181. The Morgan fingerprint density at radius 3 is 2.93 bits per heavy atom. The van der Waals surface area contributed by atoms with Gasteiger partial charge in [0.05, 0.1) is 6.61 Å². The Morgan fingerprint density at radius 1 is 1.43 bits per heavy atom. The van der Waals surface area contributed by atoms with E-state index in [2.05, 4.69) is 5.32 Å². The Morgan fingerprint density at radius 2 is 2.21 bits per heavy atom. The number of hydrogen-bond acceptors (Lipinski definition) is 2. The second-order valence-corrected chi connectivity index (χ2v) is 3.24. The fourth-order valence-electron chi connectivity index (χ4n) is 1.23. The number of benzene rings is 1. The molecule has 0 aliphatic carbocycles. The molecule has 0 saturated carbocycles. The maximum absolute atomic E-state index is 12.9. The van der Waals surface area contributed by atoms with Gasteiger partial charge in [0, 0.05) is 20.2 Å². The van der Waals surface area contributed by atoms with Crippen LogP contribution in [0.4, 0.5) is 4.39 Å². The molecule has 0 spiro atoms. The third-order valence-electron chi connectivity index (χ3n) is 2.11. The third kappa shape index (κ3) is 3.44. The van der Waals surface area contributed by atoms with Gasteiger partial charge in [0.2, 0.25) is 0 Å². The number of methoxy groups -OCH3 is 1. The van der Waals surface area contributed by atoms with Crippen LogP contribution in [0.25, 0.3) is 0 Å². The lowest BCUT2D eigenvalue weighted by molar-refractivity contribution is 0.199. The maximum atomic E-state index is 12.9. The molecule has 0 amide bonds. The third-order valence-corrected chi connectivity index (χ3v) is 2.11. The number of halogens is 1. The Balaban J connectivity index is 2.45. The molecule has 0 saturated heterocycles. The number of rotatable bonds is 5. The van der Waals surface area contributed by atoms with Crippen molar-refractivity contribution in [2.75, 3.05) is 20.3 Å². The molecule has 1 N–H and O–H groups in total. The summed E-state index contributed by atoms with van der Waals surface area (Å²) >= 11 is 0. The van der Waals surface area contributed by atoms with E-state index in [0.29, 0.717) is 13.2 Å². The summed E-state index contributed by atoms with van der Waals surface area (Å²) in [5.41, 5.74) is 2.11. The summed E-state index contributed by atoms with van der Waals surface area (Å²) < 4.78 is 17.8. The number of hydrogen-bond donors (Lipinski definition) is 1. The van der Waals surface area contributed by atoms with Crippen molar-refractivity contribution in [2.24, 2.45) is 0 Å². The first kappa shape index (κ1) is 11.1. The summed E-state index contributed by atoms with van der Waals surface area (Å²) in [6.45, 7) is 4.13. The highest BCUT2D eigenvalue weighted by Crippen LogP contribution is 2.09. The van der Waals surface area contributed by atoms with Crippen LogP contribution < -0.4 is 5.32 Å². The minimum Gasteiger partial charge on any atom is -0.383 e. The van der Waals surface area contributed by atoms with Crippen LogP contribution in [0.2, 0.25) is 0 Å². The van der Waals surface area contributed by atoms with E-state index in [1.165, 1.54) is 6.07 Å². The molecule has 0 heterocycles. The summed E-state index contributed by atoms with van der Waals surface area (Å²) in [5, 5.41) is 3.18. The molecule has 0 unspecified atom stereocenters. The van der Waals surface area contributed by atoms with Crippen molar-refractivity contribution in [1.82, 2.24) is 5.32 Å². The normalized spacial score (nSPS) is 10.5. The average molecular weight is 197 g/mol. The molecule has 0 atom stereocenters. The van der Waals surface area contributed by atoms with Crippen LogP contribution in [0, 0.1) is 12.7 Å². The molecule has 0 aliphatic rings. The first-order valence-corrected chi connectivity index (χ1v) is 4.68. The van der Waals surface area contributed by atoms with E-state index in [4.69, 9.17) is 4.74 Å². The minimum absolute atomic E-state index is 0.181. The summed E-state index contributed by atoms with van der Waals surface area (Å²) in [6.07, 6.45) is 0. The molecule has 3 heteroatoms. The van der Waals surface area contributed by atoms with Crippen molar-refractivity contribution >= 4 is 0 Å². The van der Waals surface area contributed by atoms with Gasteiger partial charge in [-0.2, -0.15) is 0 Å². The Bertz CT molecular complexity index is 289. The predicted octanol–water partition coefficient (Wildman–Crippen LogP) is 1.87. The van der Waals surface area contributed by atoms with Crippen molar-refractivity contribution in [2.45, 2.75) is 13.5 Å². The van der Waals surface area contributed by atoms with Crippen LogP contribution in [-0.2, 0) is 11.3 Å². The lowest BCUT2D eigenvalue weighted by atomic mass is 10.1. The van der Waals surface area contributed by atoms with Crippen LogP contribution in [0.3, 0.4) is 0 Å². The lowest BCUT2D eigenvalue weighted by Gasteiger charge is -2.07. The van der Waals surface area contributed by atoms with E-state index in [9.17, 15) is 4.39 Å². The van der Waals surface area contributed by atoms with Gasteiger partial charge in [-0.3, -0.25) is 0 Å². The summed E-state index contributed by atoms with van der Waals surface area (Å²) in [6, 6.07) is 4.84. The second kappa shape index (κ2) is 5.73. The van der Waals surface area contributed by atoms with Gasteiger partial charge in [-0.25, -0.2) is 4.39 Å². The van der Waals surface area contributed by atoms with Crippen molar-refractivity contribution in [1.29, 1.82) is 0 Å². The largest absolute Gasteiger partial charge is 0.383 e. The van der Waals surface area contributed by atoms with E-state index in [1.54, 1.807) is 19.2 Å². The molecule has 78 valence electrons. The molecule has 1 aromatic rings. The molecule has 2 nitrogen and oxygen atoms in total. The standard InChI is InChI=1S/C11H16FNO/c1-9-3-4-11(12)7-10(9)8-13-5-6-14-2/h3-4,7,13H,5-6,8H2,1-2H3. The molecule has 0 bridgehead atoms. The van der Waals surface area contributed by atoms with E-state index < -0.39 is 0 Å². The predicted molar refractivity (Wildman–Crippen MR) is 54.7 cm³/mol. The molecular weight excluding hydrogens is 181 g/mol. The van der Waals surface area contributed by atoms with Gasteiger partial charge in [-0.05, 0) is 30.2 Å². The Kier molecular flexibility index (Phi) is 4.56. The van der Waals surface area contributed by atoms with Gasteiger partial charge in [-0.15, -0.1) is 0 Å². The molecule has 0 aliphatic heterocycles. The zero-order valence-corrected chi connectivity index (χ0v) is 8.64. The van der Waals surface area contributed by atoms with Crippen molar-refractivity contribution < 1.29 is 9.13 Å². The van der Waals surface area contributed by atoms with E-state index in [0.717, 1.165) is 17.7 Å². The van der Waals surface area contributed by atoms with Crippen LogP contribution >= 0.6 is 0 Å². The highest BCUT2D eigenvalue weighted by molar-refractivity contribution is 5.26. The quantitative estimate of drug-likeness (QED) is 0.728. The first-order chi connectivity index (χ1) is 6.74. The Labute approximate surface area is 84.1 Å². The number of aryl methyl sites for hydroxylation is 1. The monoisotopic (exact) mass is 197 g/mol. The summed E-state index contributed by atoms with van der Waals surface area (Å²) in [5.74, 6) is -0.181. The van der Waals surface area contributed by atoms with Crippen molar-refractivity contribution in [3.05, 3.63) is 35.1 Å². The van der Waals surface area contributed by atoms with Gasteiger partial charge < -0.3 is 10.1 Å². The highest BCUT2D eigenvalue weighted by Gasteiger charge is 1.99. The summed E-state index contributed by atoms with van der Waals surface area (Å²) in [7, 11) is 1.66. The van der Waals surface area contributed by atoms with Crippen LogP contribution in [0.15, 0.2) is 18.2 Å². The Hall–Kier alpha value is -0.930. The average Bonchev–Trinajstić information content (AvgIpc) is 2.18. The molecule has 1 aromatic carbocycles. The van der Waals surface area contributed by atoms with Gasteiger partial charge in [-0.1, -0.05) is 6.07 Å². The van der Waals surface area contributed by atoms with Gasteiger partial charge >= 0.3 is 0 Å². The molecule has 0 fully saturated rings. The first-order valence-electron chi connectivity index (χ1n) is 4.68. The molecule has 14 heavy (non-hydrogen) atoms. The maximum Gasteiger partial charge on any atom is 0.123 e. The molecule has 1 rings (SSSR count). The van der Waals surface area contributed by atoms with Crippen molar-refractivity contribution in [3.8, 4) is 0 Å². The highest BCUT2D eigenvalue weighted by atomic mass is 19.1. The lowest BCUT2D eigenvalue weighted by Crippen LogP contribution is -2.19. The molecule has 0 radical (unpaired) electrons. The van der Waals surface area contributed by atoms with Crippen LogP contribution in [-0.4, -0.2) is 20.3 Å². The molecule has 0 aromatic heterocycles. The molecular formula is C11H16FNO. The van der Waals surface area contributed by atoms with Crippen LogP contribution in [0.5, 0.6) is 0 Å². The van der Waals surface area contributed by atoms with Crippen LogP contribution in [0.1, 0.15) is 11.1 Å². The van der Waals surface area contributed by atoms with E-state index in [-0.39, 0.29) is 5.82 Å². The van der Waals surface area contributed by atoms with Gasteiger partial charge in [0.1, 0.15) is 5.82 Å².